The maximum atomic E-state index is 12.5. The van der Waals surface area contributed by atoms with Crippen LogP contribution in [0.1, 0.15) is 84.4 Å². The number of aromatic nitrogens is 3. The summed E-state index contributed by atoms with van der Waals surface area (Å²) in [5.74, 6) is 4.02. The highest BCUT2D eigenvalue weighted by Crippen LogP contribution is 2.68. The standard InChI is InChI=1S/C30H43N3O3/c1-17(4-7-26-32-24-10-13-31-16-20(24)28(36)33-26)21-5-6-22-27-23(9-12-30(21,22)3)29(2)11-8-19(34)14-18(29)15-25(27)35/h10,13,16-19,21-23,25,27,34-35H,4-9,11-12,14-15H2,1-3H3,(H,32,33,36)/t17-,18+,19-,21-,22+,23?,25+,27+,29+,30-/m1/s1. The van der Waals surface area contributed by atoms with Crippen molar-refractivity contribution in [2.24, 2.45) is 46.3 Å². The van der Waals surface area contributed by atoms with Gasteiger partial charge in [0.25, 0.3) is 5.56 Å². The summed E-state index contributed by atoms with van der Waals surface area (Å²) >= 11 is 0. The van der Waals surface area contributed by atoms with E-state index in [2.05, 4.69) is 30.7 Å². The normalized spacial score (nSPS) is 43.0. The van der Waals surface area contributed by atoms with Crippen LogP contribution in [0.4, 0.5) is 0 Å². The molecule has 4 aliphatic rings. The summed E-state index contributed by atoms with van der Waals surface area (Å²) in [7, 11) is 0. The van der Waals surface area contributed by atoms with Gasteiger partial charge >= 0.3 is 0 Å². The van der Waals surface area contributed by atoms with Crippen LogP contribution in [0.25, 0.3) is 10.9 Å². The summed E-state index contributed by atoms with van der Waals surface area (Å²) in [5.41, 5.74) is 1.16. The summed E-state index contributed by atoms with van der Waals surface area (Å²) in [4.78, 5) is 24.2. The Morgan fingerprint density at radius 2 is 1.86 bits per heavy atom. The molecule has 4 saturated carbocycles. The average Bonchev–Trinajstić information content (AvgIpc) is 3.21. The molecule has 2 aromatic heterocycles. The van der Waals surface area contributed by atoms with E-state index in [1.54, 1.807) is 12.4 Å². The van der Waals surface area contributed by atoms with Gasteiger partial charge in [-0.05, 0) is 110 Å². The van der Waals surface area contributed by atoms with Crippen LogP contribution in [-0.2, 0) is 6.42 Å². The van der Waals surface area contributed by atoms with Crippen molar-refractivity contribution in [3.8, 4) is 0 Å². The third kappa shape index (κ3) is 3.77. The smallest absolute Gasteiger partial charge is 0.260 e. The maximum absolute atomic E-state index is 12.5. The van der Waals surface area contributed by atoms with Gasteiger partial charge in [0, 0.05) is 18.8 Å². The molecule has 0 saturated heterocycles. The Kier molecular flexibility index (Phi) is 6.07. The SMILES string of the molecule is C[C@H](CCc1nc2ccncc2c(=O)[nH]1)[C@H]1CC[C@H]2[C@H]3C(CC[C@]12C)[C@@]1(C)CC[C@@H](O)C[C@H]1C[C@@H]3O. The highest BCUT2D eigenvalue weighted by atomic mass is 16.3. The Labute approximate surface area is 214 Å². The predicted molar refractivity (Wildman–Crippen MR) is 140 cm³/mol. The summed E-state index contributed by atoms with van der Waals surface area (Å²) in [6.07, 6.45) is 13.4. The molecule has 1 unspecified atom stereocenters. The van der Waals surface area contributed by atoms with Crippen LogP contribution in [0.15, 0.2) is 23.3 Å². The van der Waals surface area contributed by atoms with Crippen LogP contribution < -0.4 is 5.56 Å². The second kappa shape index (κ2) is 8.90. The van der Waals surface area contributed by atoms with Crippen LogP contribution >= 0.6 is 0 Å². The number of hydrogen-bond donors (Lipinski definition) is 3. The van der Waals surface area contributed by atoms with Gasteiger partial charge < -0.3 is 15.2 Å². The van der Waals surface area contributed by atoms with E-state index in [0.717, 1.165) is 49.9 Å². The molecule has 0 spiro atoms. The first-order valence-corrected chi connectivity index (χ1v) is 14.4. The third-order valence-corrected chi connectivity index (χ3v) is 11.8. The Morgan fingerprint density at radius 3 is 2.69 bits per heavy atom. The lowest BCUT2D eigenvalue weighted by atomic mass is 9.43. The van der Waals surface area contributed by atoms with Gasteiger partial charge in [-0.2, -0.15) is 0 Å². The molecule has 6 heteroatoms. The fraction of sp³-hybridized carbons (Fsp3) is 0.767. The van der Waals surface area contributed by atoms with Crippen LogP contribution in [0, 0.1) is 46.3 Å². The molecular formula is C30H43N3O3. The Hall–Kier alpha value is -1.79. The van der Waals surface area contributed by atoms with E-state index in [4.69, 9.17) is 4.98 Å². The molecule has 6 rings (SSSR count). The van der Waals surface area contributed by atoms with Gasteiger partial charge in [0.1, 0.15) is 5.82 Å². The minimum atomic E-state index is -0.224. The first-order chi connectivity index (χ1) is 17.2. The number of hydrogen-bond acceptors (Lipinski definition) is 5. The van der Waals surface area contributed by atoms with E-state index in [-0.39, 0.29) is 28.6 Å². The molecule has 6 nitrogen and oxygen atoms in total. The molecule has 0 aromatic carbocycles. The molecule has 36 heavy (non-hydrogen) atoms. The Bertz CT molecular complexity index is 1180. The molecule has 2 aromatic rings. The monoisotopic (exact) mass is 493 g/mol. The van der Waals surface area contributed by atoms with E-state index in [1.807, 2.05) is 6.07 Å². The number of rotatable bonds is 4. The Balaban J connectivity index is 1.18. The number of aliphatic hydroxyl groups excluding tert-OH is 2. The number of nitrogens with one attached hydrogen (secondary N) is 1. The first-order valence-electron chi connectivity index (χ1n) is 14.4. The number of aryl methyl sites for hydroxylation is 1. The molecule has 0 radical (unpaired) electrons. The summed E-state index contributed by atoms with van der Waals surface area (Å²) in [5, 5.41) is 22.3. The average molecular weight is 494 g/mol. The summed E-state index contributed by atoms with van der Waals surface area (Å²) < 4.78 is 0. The van der Waals surface area contributed by atoms with Crippen LogP contribution in [0.2, 0.25) is 0 Å². The van der Waals surface area contributed by atoms with Crippen molar-refractivity contribution in [2.45, 2.75) is 97.2 Å². The molecular weight excluding hydrogens is 450 g/mol. The van der Waals surface area contributed by atoms with Crippen molar-refractivity contribution in [1.82, 2.24) is 15.0 Å². The number of nitrogens with zero attached hydrogens (tertiary/aromatic N) is 2. The number of aliphatic hydroxyl groups is 2. The summed E-state index contributed by atoms with van der Waals surface area (Å²) in [6, 6.07) is 1.81. The first kappa shape index (κ1) is 24.5. The fourth-order valence-corrected chi connectivity index (χ4v) is 9.89. The number of fused-ring (bicyclic) bond motifs is 6. The molecule has 10 atom stereocenters. The molecule has 2 heterocycles. The molecule has 196 valence electrons. The van der Waals surface area contributed by atoms with Crippen molar-refractivity contribution in [1.29, 1.82) is 0 Å². The summed E-state index contributed by atoms with van der Waals surface area (Å²) in [6.45, 7) is 7.40. The molecule has 0 aliphatic heterocycles. The lowest BCUT2D eigenvalue weighted by Crippen LogP contribution is -2.58. The second-order valence-electron chi connectivity index (χ2n) is 13.4. The van der Waals surface area contributed by atoms with Gasteiger partial charge in [0.05, 0.1) is 23.1 Å². The lowest BCUT2D eigenvalue weighted by molar-refractivity contribution is -0.174. The van der Waals surface area contributed by atoms with Gasteiger partial charge in [-0.25, -0.2) is 4.98 Å². The quantitative estimate of drug-likeness (QED) is 0.564. The van der Waals surface area contributed by atoms with Crippen molar-refractivity contribution in [3.05, 3.63) is 34.6 Å². The zero-order chi connectivity index (χ0) is 25.2. The Morgan fingerprint density at radius 1 is 1.08 bits per heavy atom. The molecule has 4 aliphatic carbocycles. The van der Waals surface area contributed by atoms with Crippen LogP contribution in [-0.4, -0.2) is 37.4 Å². The highest BCUT2D eigenvalue weighted by Gasteiger charge is 2.62. The molecule has 0 amide bonds. The lowest BCUT2D eigenvalue weighted by Gasteiger charge is -2.62. The van der Waals surface area contributed by atoms with E-state index in [0.29, 0.717) is 40.9 Å². The number of pyridine rings is 1. The van der Waals surface area contributed by atoms with E-state index >= 15 is 0 Å². The van der Waals surface area contributed by atoms with Crippen molar-refractivity contribution < 1.29 is 10.2 Å². The van der Waals surface area contributed by atoms with Gasteiger partial charge in [0.15, 0.2) is 0 Å². The van der Waals surface area contributed by atoms with Crippen molar-refractivity contribution >= 4 is 10.9 Å². The fourth-order valence-electron chi connectivity index (χ4n) is 9.89. The third-order valence-electron chi connectivity index (χ3n) is 11.8. The van der Waals surface area contributed by atoms with Crippen LogP contribution in [0.3, 0.4) is 0 Å². The predicted octanol–water partition coefficient (Wildman–Crippen LogP) is 4.88. The van der Waals surface area contributed by atoms with Gasteiger partial charge in [0.2, 0.25) is 0 Å². The number of H-pyrrole nitrogens is 1. The molecule has 4 fully saturated rings. The van der Waals surface area contributed by atoms with E-state index in [9.17, 15) is 15.0 Å². The second-order valence-corrected chi connectivity index (χ2v) is 13.4. The van der Waals surface area contributed by atoms with E-state index in [1.165, 1.54) is 25.7 Å². The zero-order valence-electron chi connectivity index (χ0n) is 22.1. The van der Waals surface area contributed by atoms with E-state index < -0.39 is 0 Å². The van der Waals surface area contributed by atoms with Crippen molar-refractivity contribution in [2.75, 3.05) is 0 Å². The van der Waals surface area contributed by atoms with Gasteiger partial charge in [-0.15, -0.1) is 0 Å². The number of aromatic amines is 1. The van der Waals surface area contributed by atoms with Gasteiger partial charge in [-0.3, -0.25) is 9.78 Å². The highest BCUT2D eigenvalue weighted by molar-refractivity contribution is 5.75. The van der Waals surface area contributed by atoms with Crippen LogP contribution in [0.5, 0.6) is 0 Å². The van der Waals surface area contributed by atoms with Gasteiger partial charge in [-0.1, -0.05) is 20.8 Å². The minimum absolute atomic E-state index is 0.102. The molecule has 3 N–H and O–H groups in total. The maximum Gasteiger partial charge on any atom is 0.260 e. The minimum Gasteiger partial charge on any atom is -0.393 e. The topological polar surface area (TPSA) is 99.1 Å². The zero-order valence-corrected chi connectivity index (χ0v) is 22.1. The van der Waals surface area contributed by atoms with Crippen molar-refractivity contribution in [3.63, 3.8) is 0 Å². The largest absolute Gasteiger partial charge is 0.393 e. The molecule has 0 bridgehead atoms.